The van der Waals surface area contributed by atoms with Crippen molar-refractivity contribution in [3.8, 4) is 17.2 Å². The van der Waals surface area contributed by atoms with E-state index >= 15 is 0 Å². The van der Waals surface area contributed by atoms with E-state index < -0.39 is 23.3 Å². The van der Waals surface area contributed by atoms with Crippen molar-refractivity contribution in [1.29, 1.82) is 0 Å². The average molecular weight is 458 g/mol. The number of nitrogens with zero attached hydrogens (tertiary/aromatic N) is 2. The number of carbonyl (C=O) groups excluding carboxylic acids is 1. The van der Waals surface area contributed by atoms with Gasteiger partial charge in [-0.1, -0.05) is 29.3 Å². The van der Waals surface area contributed by atoms with E-state index in [2.05, 4.69) is 10.4 Å². The summed E-state index contributed by atoms with van der Waals surface area (Å²) in [5.41, 5.74) is -1.35. The van der Waals surface area contributed by atoms with Gasteiger partial charge in [-0.2, -0.15) is 18.3 Å². The third-order valence-electron chi connectivity index (χ3n) is 4.31. The van der Waals surface area contributed by atoms with Crippen molar-refractivity contribution in [1.82, 2.24) is 15.1 Å². The largest absolute Gasteiger partial charge is 0.454 e. The van der Waals surface area contributed by atoms with Gasteiger partial charge in [0.2, 0.25) is 6.79 Å². The highest BCUT2D eigenvalue weighted by molar-refractivity contribution is 6.34. The number of fused-ring (bicyclic) bond motifs is 1. The molecule has 0 bridgehead atoms. The van der Waals surface area contributed by atoms with Crippen LogP contribution < -0.4 is 14.8 Å². The SMILES string of the molecule is O=C(NCc1ccc2c(c1)OCO2)c1cnn(-c2cc(Cl)ccc2Cl)c1C(F)(F)F. The number of amides is 1. The minimum Gasteiger partial charge on any atom is -0.454 e. The molecule has 4 rings (SSSR count). The van der Waals surface area contributed by atoms with E-state index in [-0.39, 0.29) is 29.1 Å². The van der Waals surface area contributed by atoms with Crippen molar-refractivity contribution >= 4 is 29.1 Å². The lowest BCUT2D eigenvalue weighted by Crippen LogP contribution is -2.26. The van der Waals surface area contributed by atoms with Crippen LogP contribution in [0.15, 0.2) is 42.6 Å². The van der Waals surface area contributed by atoms with Crippen molar-refractivity contribution in [2.75, 3.05) is 6.79 Å². The predicted octanol–water partition coefficient (Wildman–Crippen LogP) is 4.86. The summed E-state index contributed by atoms with van der Waals surface area (Å²) in [6.07, 6.45) is -4.03. The van der Waals surface area contributed by atoms with Crippen molar-refractivity contribution in [2.45, 2.75) is 12.7 Å². The summed E-state index contributed by atoms with van der Waals surface area (Å²) in [6.45, 7) is 0.0706. The minimum atomic E-state index is -4.87. The van der Waals surface area contributed by atoms with E-state index in [4.69, 9.17) is 32.7 Å². The number of hydrogen-bond donors (Lipinski definition) is 1. The molecule has 0 atom stereocenters. The third-order valence-corrected chi connectivity index (χ3v) is 4.86. The highest BCUT2D eigenvalue weighted by atomic mass is 35.5. The summed E-state index contributed by atoms with van der Waals surface area (Å²) in [4.78, 5) is 12.5. The molecular formula is C19H12Cl2F3N3O3. The van der Waals surface area contributed by atoms with Gasteiger partial charge in [-0.3, -0.25) is 4.79 Å². The zero-order valence-electron chi connectivity index (χ0n) is 15.0. The van der Waals surface area contributed by atoms with Crippen molar-refractivity contribution in [3.05, 3.63) is 69.5 Å². The van der Waals surface area contributed by atoms with Gasteiger partial charge in [0, 0.05) is 11.6 Å². The average Bonchev–Trinajstić information content (AvgIpc) is 3.34. The molecule has 1 N–H and O–H groups in total. The van der Waals surface area contributed by atoms with Crippen LogP contribution in [0.25, 0.3) is 5.69 Å². The number of benzene rings is 2. The van der Waals surface area contributed by atoms with Crippen LogP contribution in [0.1, 0.15) is 21.6 Å². The smallest absolute Gasteiger partial charge is 0.434 e. The van der Waals surface area contributed by atoms with Gasteiger partial charge in [0.25, 0.3) is 5.91 Å². The molecule has 0 saturated carbocycles. The molecule has 0 radical (unpaired) electrons. The number of nitrogens with one attached hydrogen (secondary N) is 1. The van der Waals surface area contributed by atoms with E-state index in [1.807, 2.05) is 0 Å². The Kier molecular flexibility index (Phi) is 5.25. The van der Waals surface area contributed by atoms with Crippen molar-refractivity contribution in [3.63, 3.8) is 0 Å². The molecule has 0 saturated heterocycles. The monoisotopic (exact) mass is 457 g/mol. The van der Waals surface area contributed by atoms with E-state index in [1.165, 1.54) is 18.2 Å². The molecule has 11 heteroatoms. The molecule has 1 aliphatic rings. The molecular weight excluding hydrogens is 446 g/mol. The van der Waals surface area contributed by atoms with Crippen LogP contribution in [0.2, 0.25) is 10.0 Å². The Morgan fingerprint density at radius 2 is 1.90 bits per heavy atom. The Bertz CT molecular complexity index is 1130. The molecule has 30 heavy (non-hydrogen) atoms. The Hall–Kier alpha value is -2.91. The Morgan fingerprint density at radius 1 is 1.13 bits per heavy atom. The highest BCUT2D eigenvalue weighted by Gasteiger charge is 2.41. The molecule has 0 aliphatic carbocycles. The zero-order chi connectivity index (χ0) is 21.5. The van der Waals surface area contributed by atoms with E-state index in [1.54, 1.807) is 18.2 Å². The molecule has 6 nitrogen and oxygen atoms in total. The maximum atomic E-state index is 13.8. The fraction of sp³-hybridized carbons (Fsp3) is 0.158. The summed E-state index contributed by atoms with van der Waals surface area (Å²) in [6, 6.07) is 8.99. The van der Waals surface area contributed by atoms with Crippen LogP contribution in [0.4, 0.5) is 13.2 Å². The zero-order valence-corrected chi connectivity index (χ0v) is 16.5. The van der Waals surface area contributed by atoms with Gasteiger partial charge in [0.15, 0.2) is 17.2 Å². The number of halogens is 5. The Labute approximate surface area is 178 Å². The van der Waals surface area contributed by atoms with Gasteiger partial charge in [0.05, 0.1) is 22.5 Å². The fourth-order valence-electron chi connectivity index (χ4n) is 2.95. The van der Waals surface area contributed by atoms with Gasteiger partial charge in [-0.15, -0.1) is 0 Å². The molecule has 0 fully saturated rings. The van der Waals surface area contributed by atoms with Crippen LogP contribution in [0, 0.1) is 0 Å². The first-order valence-corrected chi connectivity index (χ1v) is 9.27. The molecule has 3 aromatic rings. The number of aromatic nitrogens is 2. The van der Waals surface area contributed by atoms with Crippen LogP contribution in [0.3, 0.4) is 0 Å². The molecule has 0 spiro atoms. The van der Waals surface area contributed by atoms with Crippen molar-refractivity contribution in [2.24, 2.45) is 0 Å². The fourth-order valence-corrected chi connectivity index (χ4v) is 3.31. The molecule has 1 aromatic heterocycles. The number of rotatable bonds is 4. The summed E-state index contributed by atoms with van der Waals surface area (Å²) in [7, 11) is 0. The molecule has 156 valence electrons. The molecule has 2 heterocycles. The minimum absolute atomic E-state index is 0.000294. The first-order valence-electron chi connectivity index (χ1n) is 8.51. The van der Waals surface area contributed by atoms with Gasteiger partial charge in [-0.05, 0) is 35.9 Å². The first-order chi connectivity index (χ1) is 14.2. The van der Waals surface area contributed by atoms with Gasteiger partial charge in [-0.25, -0.2) is 4.68 Å². The second kappa shape index (κ2) is 7.73. The Balaban J connectivity index is 1.63. The normalized spacial score (nSPS) is 12.8. The number of alkyl halides is 3. The lowest BCUT2D eigenvalue weighted by Gasteiger charge is -2.14. The maximum Gasteiger partial charge on any atom is 0.434 e. The standard InChI is InChI=1S/C19H12Cl2F3N3O3/c20-11-2-3-13(21)14(6-11)27-17(19(22,23)24)12(8-26-27)18(28)25-7-10-1-4-15-16(5-10)30-9-29-15/h1-6,8H,7,9H2,(H,25,28). The Morgan fingerprint density at radius 3 is 2.67 bits per heavy atom. The summed E-state index contributed by atoms with van der Waals surface area (Å²) >= 11 is 11.9. The summed E-state index contributed by atoms with van der Waals surface area (Å²) in [5.74, 6) is 0.120. The van der Waals surface area contributed by atoms with Gasteiger partial charge >= 0.3 is 6.18 Å². The molecule has 0 unspecified atom stereocenters. The topological polar surface area (TPSA) is 65.4 Å². The van der Waals surface area contributed by atoms with E-state index in [0.717, 1.165) is 6.20 Å². The molecule has 2 aromatic carbocycles. The molecule has 1 aliphatic heterocycles. The number of ether oxygens (including phenoxy) is 2. The summed E-state index contributed by atoms with van der Waals surface area (Å²) < 4.78 is 52.4. The highest BCUT2D eigenvalue weighted by Crippen LogP contribution is 2.36. The second-order valence-corrected chi connectivity index (χ2v) is 7.13. The maximum absolute atomic E-state index is 13.8. The third kappa shape index (κ3) is 3.90. The van der Waals surface area contributed by atoms with Crippen LogP contribution in [-0.2, 0) is 12.7 Å². The van der Waals surface area contributed by atoms with Crippen LogP contribution >= 0.6 is 23.2 Å². The van der Waals surface area contributed by atoms with E-state index in [9.17, 15) is 18.0 Å². The van der Waals surface area contributed by atoms with Gasteiger partial charge < -0.3 is 14.8 Å². The van der Waals surface area contributed by atoms with Crippen LogP contribution in [-0.4, -0.2) is 22.5 Å². The lowest BCUT2D eigenvalue weighted by atomic mass is 10.1. The number of hydrogen-bond acceptors (Lipinski definition) is 4. The second-order valence-electron chi connectivity index (χ2n) is 6.28. The first kappa shape index (κ1) is 20.4. The quantitative estimate of drug-likeness (QED) is 0.607. The van der Waals surface area contributed by atoms with Crippen LogP contribution in [0.5, 0.6) is 11.5 Å². The van der Waals surface area contributed by atoms with E-state index in [0.29, 0.717) is 21.7 Å². The van der Waals surface area contributed by atoms with Crippen molar-refractivity contribution < 1.29 is 27.4 Å². The number of carbonyl (C=O) groups is 1. The van der Waals surface area contributed by atoms with Gasteiger partial charge in [0.1, 0.15) is 0 Å². The summed E-state index contributed by atoms with van der Waals surface area (Å²) in [5, 5.41) is 6.37. The lowest BCUT2D eigenvalue weighted by molar-refractivity contribution is -0.143. The predicted molar refractivity (Wildman–Crippen MR) is 102 cm³/mol. The molecule has 1 amide bonds.